The maximum atomic E-state index is 13.5. The van der Waals surface area contributed by atoms with Crippen molar-refractivity contribution >= 4 is 23.7 Å². The number of phenolic OH excluding ortho intramolecular Hbond substituents is 1. The zero-order chi connectivity index (χ0) is 29.2. The van der Waals surface area contributed by atoms with Gasteiger partial charge < -0.3 is 36.2 Å². The maximum Gasteiger partial charge on any atom is 0.326 e. The molecule has 4 unspecified atom stereocenters. The van der Waals surface area contributed by atoms with Gasteiger partial charge in [-0.1, -0.05) is 53.2 Å². The van der Waals surface area contributed by atoms with E-state index in [0.717, 1.165) is 0 Å². The largest absolute Gasteiger partial charge is 0.508 e. The highest BCUT2D eigenvalue weighted by Crippen LogP contribution is 2.22. The molecule has 3 amide bonds. The van der Waals surface area contributed by atoms with Crippen molar-refractivity contribution in [2.45, 2.75) is 84.5 Å². The van der Waals surface area contributed by atoms with Crippen LogP contribution >= 0.6 is 0 Å². The van der Waals surface area contributed by atoms with E-state index in [9.17, 15) is 29.4 Å². The molecule has 1 fully saturated rings. The van der Waals surface area contributed by atoms with Gasteiger partial charge in [0.05, 0.1) is 6.61 Å². The molecule has 0 radical (unpaired) electrons. The first kappa shape index (κ1) is 32.0. The molecule has 5 atom stereocenters. The number of carboxylic acid groups (broad SMARTS) is 1. The highest BCUT2D eigenvalue weighted by atomic mass is 16.5. The smallest absolute Gasteiger partial charge is 0.326 e. The summed E-state index contributed by atoms with van der Waals surface area (Å²) < 4.78 is 5.52. The van der Waals surface area contributed by atoms with Crippen LogP contribution in [0.15, 0.2) is 24.3 Å². The molecular weight excluding hydrogens is 504 g/mol. The van der Waals surface area contributed by atoms with Crippen molar-refractivity contribution < 1.29 is 34.1 Å². The Kier molecular flexibility index (Phi) is 12.2. The first-order valence-corrected chi connectivity index (χ1v) is 13.5. The zero-order valence-electron chi connectivity index (χ0n) is 23.6. The number of carbonyl (C=O) groups excluding carboxylic acids is 3. The molecule has 0 aliphatic carbocycles. The third-order valence-corrected chi connectivity index (χ3v) is 6.82. The van der Waals surface area contributed by atoms with E-state index in [2.05, 4.69) is 21.3 Å². The van der Waals surface area contributed by atoms with Gasteiger partial charge in [0.15, 0.2) is 0 Å². The number of carbonyl (C=O) groups is 4. The van der Waals surface area contributed by atoms with E-state index in [1.807, 2.05) is 27.7 Å². The number of morpholine rings is 1. The van der Waals surface area contributed by atoms with Crippen LogP contribution in [-0.4, -0.2) is 77.8 Å². The number of hydrogen-bond acceptors (Lipinski definition) is 7. The number of ether oxygens (including phenoxy) is 1. The van der Waals surface area contributed by atoms with Crippen molar-refractivity contribution in [3.63, 3.8) is 0 Å². The molecule has 218 valence electrons. The topological polar surface area (TPSA) is 166 Å². The summed E-state index contributed by atoms with van der Waals surface area (Å²) in [6, 6.07) is 3.12. The van der Waals surface area contributed by atoms with Crippen molar-refractivity contribution in [1.82, 2.24) is 21.3 Å². The second-order valence-electron chi connectivity index (χ2n) is 11.4. The number of amides is 3. The van der Waals surface area contributed by atoms with Crippen LogP contribution in [0.1, 0.15) is 59.4 Å². The highest BCUT2D eigenvalue weighted by Gasteiger charge is 2.34. The summed E-state index contributed by atoms with van der Waals surface area (Å²) >= 11 is 0. The lowest BCUT2D eigenvalue weighted by atomic mass is 9.88. The van der Waals surface area contributed by atoms with E-state index in [1.54, 1.807) is 19.1 Å². The average Bonchev–Trinajstić information content (AvgIpc) is 2.89. The van der Waals surface area contributed by atoms with Gasteiger partial charge >= 0.3 is 5.97 Å². The minimum absolute atomic E-state index is 0.0680. The summed E-state index contributed by atoms with van der Waals surface area (Å²) in [5.41, 5.74) is 0.577. The Hall–Kier alpha value is -3.18. The maximum absolute atomic E-state index is 13.5. The number of benzene rings is 1. The summed E-state index contributed by atoms with van der Waals surface area (Å²) in [5, 5.41) is 30.5. The van der Waals surface area contributed by atoms with Crippen molar-refractivity contribution in [2.75, 3.05) is 19.7 Å². The normalized spacial score (nSPS) is 18.7. The predicted octanol–water partition coefficient (Wildman–Crippen LogP) is 1.33. The van der Waals surface area contributed by atoms with Crippen LogP contribution < -0.4 is 21.3 Å². The van der Waals surface area contributed by atoms with Crippen LogP contribution in [0.2, 0.25) is 0 Å². The van der Waals surface area contributed by atoms with E-state index in [4.69, 9.17) is 4.74 Å². The molecule has 1 aromatic carbocycles. The molecule has 11 heteroatoms. The van der Waals surface area contributed by atoms with Crippen molar-refractivity contribution in [3.05, 3.63) is 29.8 Å². The van der Waals surface area contributed by atoms with Gasteiger partial charge in [0, 0.05) is 19.5 Å². The van der Waals surface area contributed by atoms with Gasteiger partial charge in [0.2, 0.25) is 11.8 Å². The number of carboxylic acids is 1. The quantitative estimate of drug-likeness (QED) is 0.215. The van der Waals surface area contributed by atoms with Gasteiger partial charge in [-0.05, 0) is 41.9 Å². The predicted molar refractivity (Wildman–Crippen MR) is 146 cm³/mol. The third kappa shape index (κ3) is 10.8. The summed E-state index contributed by atoms with van der Waals surface area (Å²) in [5.74, 6) is -3.00. The van der Waals surface area contributed by atoms with Crippen LogP contribution in [0, 0.1) is 11.3 Å². The average molecular weight is 549 g/mol. The summed E-state index contributed by atoms with van der Waals surface area (Å²) in [6.45, 7) is 10.9. The standard InChI is InChI=1S/C28H44N4O7/c1-6-17(2)23(26(36)30-20(27(37)38)11-12-28(3,4)5)32-24(34)21(15-18-7-9-19(33)10-8-18)31-25(35)22-16-29-13-14-39-22/h7-10,17,20-23,29,33H,6,11-16H2,1-5H3,(H,30,36)(H,31,35)(H,32,34)(H,37,38)/t17?,20?,21?,22-,23?/m1/s1. The molecule has 1 saturated heterocycles. The molecule has 1 aliphatic heterocycles. The molecule has 1 aliphatic rings. The van der Waals surface area contributed by atoms with Crippen LogP contribution in [-0.2, 0) is 30.3 Å². The Balaban J connectivity index is 2.21. The first-order valence-electron chi connectivity index (χ1n) is 13.5. The van der Waals surface area contributed by atoms with Crippen molar-refractivity contribution in [2.24, 2.45) is 11.3 Å². The molecule has 0 saturated carbocycles. The van der Waals surface area contributed by atoms with E-state index in [-0.39, 0.29) is 29.9 Å². The van der Waals surface area contributed by atoms with Gasteiger partial charge in [-0.25, -0.2) is 4.79 Å². The fourth-order valence-corrected chi connectivity index (χ4v) is 4.13. The zero-order valence-corrected chi connectivity index (χ0v) is 23.6. The van der Waals surface area contributed by atoms with E-state index in [0.29, 0.717) is 38.1 Å². The molecule has 2 rings (SSSR count). The van der Waals surface area contributed by atoms with E-state index < -0.39 is 47.9 Å². The van der Waals surface area contributed by atoms with Crippen LogP contribution in [0.25, 0.3) is 0 Å². The van der Waals surface area contributed by atoms with Crippen LogP contribution in [0.5, 0.6) is 5.75 Å². The van der Waals surface area contributed by atoms with Gasteiger partial charge in [-0.3, -0.25) is 14.4 Å². The summed E-state index contributed by atoms with van der Waals surface area (Å²) in [6.07, 6.45) is 0.733. The number of aromatic hydroxyl groups is 1. The van der Waals surface area contributed by atoms with Crippen molar-refractivity contribution in [3.8, 4) is 5.75 Å². The van der Waals surface area contributed by atoms with Gasteiger partial charge in [0.25, 0.3) is 5.91 Å². The molecular formula is C28H44N4O7. The SMILES string of the molecule is CCC(C)C(NC(=O)C(Cc1ccc(O)cc1)NC(=O)[C@H]1CNCCO1)C(=O)NC(CCC(C)(C)C)C(=O)O. The lowest BCUT2D eigenvalue weighted by molar-refractivity contribution is -0.143. The van der Waals surface area contributed by atoms with Crippen LogP contribution in [0.3, 0.4) is 0 Å². The van der Waals surface area contributed by atoms with Gasteiger partial charge in [-0.2, -0.15) is 0 Å². The minimum Gasteiger partial charge on any atom is -0.508 e. The lowest BCUT2D eigenvalue weighted by Crippen LogP contribution is -2.59. The Morgan fingerprint density at radius 2 is 1.72 bits per heavy atom. The molecule has 11 nitrogen and oxygen atoms in total. The number of aliphatic carboxylic acids is 1. The first-order chi connectivity index (χ1) is 18.3. The molecule has 0 spiro atoms. The Morgan fingerprint density at radius 3 is 2.26 bits per heavy atom. The molecule has 39 heavy (non-hydrogen) atoms. The molecule has 6 N–H and O–H groups in total. The third-order valence-electron chi connectivity index (χ3n) is 6.82. The second-order valence-corrected chi connectivity index (χ2v) is 11.4. The van der Waals surface area contributed by atoms with Crippen LogP contribution in [0.4, 0.5) is 0 Å². The summed E-state index contributed by atoms with van der Waals surface area (Å²) in [7, 11) is 0. The highest BCUT2D eigenvalue weighted by molar-refractivity contribution is 5.94. The number of rotatable bonds is 13. The van der Waals surface area contributed by atoms with E-state index in [1.165, 1.54) is 12.1 Å². The van der Waals surface area contributed by atoms with Crippen molar-refractivity contribution in [1.29, 1.82) is 0 Å². The number of hydrogen-bond donors (Lipinski definition) is 6. The fraction of sp³-hybridized carbons (Fsp3) is 0.643. The molecule has 0 bridgehead atoms. The van der Waals surface area contributed by atoms with Gasteiger partial charge in [0.1, 0.15) is 30.0 Å². The van der Waals surface area contributed by atoms with Gasteiger partial charge in [-0.15, -0.1) is 0 Å². The van der Waals surface area contributed by atoms with E-state index >= 15 is 0 Å². The number of nitrogens with one attached hydrogen (secondary N) is 4. The Morgan fingerprint density at radius 1 is 1.05 bits per heavy atom. The monoisotopic (exact) mass is 548 g/mol. The number of phenols is 1. The summed E-state index contributed by atoms with van der Waals surface area (Å²) in [4.78, 5) is 51.5. The Bertz CT molecular complexity index is 971. The Labute approximate surface area is 230 Å². The minimum atomic E-state index is -1.14. The second kappa shape index (κ2) is 14.8. The lowest BCUT2D eigenvalue weighted by Gasteiger charge is -2.29. The molecule has 1 aromatic rings. The fourth-order valence-electron chi connectivity index (χ4n) is 4.13. The molecule has 1 heterocycles. The molecule has 0 aromatic heterocycles.